The van der Waals surface area contributed by atoms with Crippen molar-refractivity contribution in [3.05, 3.63) is 96.6 Å². The summed E-state index contributed by atoms with van der Waals surface area (Å²) in [6.07, 6.45) is 0.952. The Bertz CT molecular complexity index is 1050. The Labute approximate surface area is 215 Å². The molecule has 4 rings (SSSR count). The summed E-state index contributed by atoms with van der Waals surface area (Å²) in [4.78, 5) is 12.8. The van der Waals surface area contributed by atoms with Crippen molar-refractivity contribution >= 4 is 24.6 Å². The van der Waals surface area contributed by atoms with Crippen LogP contribution in [0.4, 0.5) is 0 Å². The first-order valence-corrected chi connectivity index (χ1v) is 14.6. The summed E-state index contributed by atoms with van der Waals surface area (Å²) >= 11 is 0. The number of carbonyl (C=O) groups excluding carboxylic acids is 1. The lowest BCUT2D eigenvalue weighted by Gasteiger charge is -2.44. The Balaban J connectivity index is 1.38. The van der Waals surface area contributed by atoms with Crippen LogP contribution in [-0.2, 0) is 25.3 Å². The Kier molecular flexibility index (Phi) is 8.75. The van der Waals surface area contributed by atoms with Gasteiger partial charge in [-0.2, -0.15) is 0 Å². The smallest absolute Gasteiger partial charge is 0.261 e. The summed E-state index contributed by atoms with van der Waals surface area (Å²) in [5, 5.41) is 5.51. The van der Waals surface area contributed by atoms with E-state index in [4.69, 9.17) is 13.9 Å². The third-order valence-electron chi connectivity index (χ3n) is 6.80. The van der Waals surface area contributed by atoms with Crippen molar-refractivity contribution in [2.24, 2.45) is 0 Å². The molecule has 190 valence electrons. The molecule has 3 aromatic carbocycles. The van der Waals surface area contributed by atoms with Gasteiger partial charge in [0.1, 0.15) is 12.9 Å². The molecule has 0 saturated carbocycles. The molecule has 1 heterocycles. The molecule has 0 spiro atoms. The van der Waals surface area contributed by atoms with E-state index in [2.05, 4.69) is 74.6 Å². The van der Waals surface area contributed by atoms with Crippen molar-refractivity contribution in [2.45, 2.75) is 57.4 Å². The van der Waals surface area contributed by atoms with E-state index in [1.807, 2.05) is 42.5 Å². The number of amides is 1. The number of piperidine rings is 1. The number of nitrogens with one attached hydrogen (secondary N) is 1. The summed E-state index contributed by atoms with van der Waals surface area (Å²) < 4.78 is 18.3. The first kappa shape index (κ1) is 26.3. The van der Waals surface area contributed by atoms with Gasteiger partial charge in [-0.15, -0.1) is 0 Å². The fourth-order valence-electron chi connectivity index (χ4n) is 4.99. The second-order valence-corrected chi connectivity index (χ2v) is 14.7. The molecular formula is C30H37NO4Si. The average molecular weight is 504 g/mol. The zero-order chi connectivity index (χ0) is 25.4. The molecule has 1 saturated heterocycles. The Morgan fingerprint density at radius 3 is 1.92 bits per heavy atom. The van der Waals surface area contributed by atoms with Gasteiger partial charge in [0.05, 0.1) is 19.3 Å². The van der Waals surface area contributed by atoms with E-state index in [0.29, 0.717) is 19.6 Å². The molecule has 1 aliphatic rings. The topological polar surface area (TPSA) is 56.8 Å². The van der Waals surface area contributed by atoms with E-state index in [9.17, 15) is 4.79 Å². The zero-order valence-corrected chi connectivity index (χ0v) is 22.5. The van der Waals surface area contributed by atoms with Gasteiger partial charge >= 0.3 is 0 Å². The van der Waals surface area contributed by atoms with Gasteiger partial charge in [-0.1, -0.05) is 112 Å². The van der Waals surface area contributed by atoms with Gasteiger partial charge < -0.3 is 19.2 Å². The maximum absolute atomic E-state index is 12.8. The van der Waals surface area contributed by atoms with Crippen LogP contribution in [-0.4, -0.2) is 39.8 Å². The number of hydrogen-bond acceptors (Lipinski definition) is 4. The SMILES string of the molecule is CC(C)(C)[Si](OC[C@H]1CC[C@H](OCOCc2ccccc2)C(=O)N1)(c1ccccc1)c1ccccc1. The van der Waals surface area contributed by atoms with Crippen molar-refractivity contribution in [1.29, 1.82) is 0 Å². The molecule has 1 N–H and O–H groups in total. The molecule has 0 aromatic heterocycles. The number of ether oxygens (including phenoxy) is 2. The predicted octanol–water partition coefficient (Wildman–Crippen LogP) is 4.40. The van der Waals surface area contributed by atoms with E-state index in [0.717, 1.165) is 12.0 Å². The lowest BCUT2D eigenvalue weighted by atomic mass is 10.0. The standard InChI is InChI=1S/C30H37NO4Si/c1-30(2,3)36(26-15-9-5-10-16-26,27-17-11-6-12-18-27)35-22-25-19-20-28(29(32)31-25)34-23-33-21-24-13-7-4-8-14-24/h4-18,25,28H,19-23H2,1-3H3,(H,31,32)/t25-,28+/m1/s1. The zero-order valence-electron chi connectivity index (χ0n) is 21.5. The molecule has 5 nitrogen and oxygen atoms in total. The van der Waals surface area contributed by atoms with Gasteiger partial charge in [-0.05, 0) is 33.8 Å². The maximum Gasteiger partial charge on any atom is 0.261 e. The summed E-state index contributed by atoms with van der Waals surface area (Å²) in [7, 11) is -2.63. The van der Waals surface area contributed by atoms with Crippen LogP contribution in [0, 0.1) is 0 Å². The third kappa shape index (κ3) is 6.13. The highest BCUT2D eigenvalue weighted by Gasteiger charge is 2.50. The van der Waals surface area contributed by atoms with Crippen LogP contribution in [0.25, 0.3) is 0 Å². The molecule has 6 heteroatoms. The van der Waals surface area contributed by atoms with Gasteiger partial charge in [-0.3, -0.25) is 4.79 Å². The van der Waals surface area contributed by atoms with E-state index >= 15 is 0 Å². The highest BCUT2D eigenvalue weighted by atomic mass is 28.4. The molecule has 0 aliphatic carbocycles. The van der Waals surface area contributed by atoms with Crippen LogP contribution in [0.5, 0.6) is 0 Å². The summed E-state index contributed by atoms with van der Waals surface area (Å²) in [6.45, 7) is 7.81. The van der Waals surface area contributed by atoms with Gasteiger partial charge in [0, 0.05) is 0 Å². The average Bonchev–Trinajstić information content (AvgIpc) is 2.89. The van der Waals surface area contributed by atoms with Gasteiger partial charge in [0.25, 0.3) is 8.32 Å². The minimum absolute atomic E-state index is 0.0516. The molecular weight excluding hydrogens is 466 g/mol. The maximum atomic E-state index is 12.8. The van der Waals surface area contributed by atoms with E-state index in [-0.39, 0.29) is 23.8 Å². The molecule has 36 heavy (non-hydrogen) atoms. The van der Waals surface area contributed by atoms with Gasteiger partial charge in [0.15, 0.2) is 0 Å². The van der Waals surface area contributed by atoms with Crippen LogP contribution < -0.4 is 15.7 Å². The lowest BCUT2D eigenvalue weighted by Crippen LogP contribution is -2.67. The lowest BCUT2D eigenvalue weighted by molar-refractivity contribution is -0.151. The highest BCUT2D eigenvalue weighted by molar-refractivity contribution is 6.99. The van der Waals surface area contributed by atoms with Crippen LogP contribution in [0.15, 0.2) is 91.0 Å². The number of carbonyl (C=O) groups is 1. The molecule has 2 atom stereocenters. The van der Waals surface area contributed by atoms with Crippen molar-refractivity contribution in [1.82, 2.24) is 5.32 Å². The summed E-state index contributed by atoms with van der Waals surface area (Å²) in [5.41, 5.74) is 1.08. The highest BCUT2D eigenvalue weighted by Crippen LogP contribution is 2.37. The quantitative estimate of drug-likeness (QED) is 0.253. The third-order valence-corrected chi connectivity index (χ3v) is 11.8. The van der Waals surface area contributed by atoms with Crippen molar-refractivity contribution in [2.75, 3.05) is 13.4 Å². The molecule has 0 radical (unpaired) electrons. The van der Waals surface area contributed by atoms with Crippen LogP contribution in [0.2, 0.25) is 5.04 Å². The Morgan fingerprint density at radius 1 is 0.833 bits per heavy atom. The molecule has 1 fully saturated rings. The van der Waals surface area contributed by atoms with E-state index in [1.54, 1.807) is 0 Å². The minimum Gasteiger partial charge on any atom is -0.405 e. The number of rotatable bonds is 10. The predicted molar refractivity (Wildman–Crippen MR) is 146 cm³/mol. The second kappa shape index (κ2) is 12.0. The van der Waals surface area contributed by atoms with Crippen LogP contribution in [0.1, 0.15) is 39.2 Å². The molecule has 0 bridgehead atoms. The first-order chi connectivity index (χ1) is 17.4. The first-order valence-electron chi connectivity index (χ1n) is 12.7. The fourth-order valence-corrected chi connectivity index (χ4v) is 9.59. The van der Waals surface area contributed by atoms with Crippen molar-refractivity contribution in [3.8, 4) is 0 Å². The minimum atomic E-state index is -2.63. The molecule has 3 aromatic rings. The number of hydrogen-bond donors (Lipinski definition) is 1. The molecule has 1 amide bonds. The van der Waals surface area contributed by atoms with Crippen molar-refractivity contribution < 1.29 is 18.7 Å². The summed E-state index contributed by atoms with van der Waals surface area (Å²) in [5.74, 6) is -0.0967. The van der Waals surface area contributed by atoms with E-state index in [1.165, 1.54) is 10.4 Å². The van der Waals surface area contributed by atoms with Crippen LogP contribution >= 0.6 is 0 Å². The largest absolute Gasteiger partial charge is 0.405 e. The fraction of sp³-hybridized carbons (Fsp3) is 0.367. The number of benzene rings is 3. The van der Waals surface area contributed by atoms with Gasteiger partial charge in [0.2, 0.25) is 5.91 Å². The molecule has 1 aliphatic heterocycles. The van der Waals surface area contributed by atoms with E-state index < -0.39 is 14.4 Å². The Morgan fingerprint density at radius 2 is 1.39 bits per heavy atom. The second-order valence-electron chi connectivity index (χ2n) is 10.4. The monoisotopic (exact) mass is 503 g/mol. The van der Waals surface area contributed by atoms with Crippen molar-refractivity contribution in [3.63, 3.8) is 0 Å². The van der Waals surface area contributed by atoms with Gasteiger partial charge in [-0.25, -0.2) is 0 Å². The Hall–Kier alpha value is -2.77. The van der Waals surface area contributed by atoms with Crippen LogP contribution in [0.3, 0.4) is 0 Å². The summed E-state index contributed by atoms with van der Waals surface area (Å²) in [6, 6.07) is 31.0. The normalized spacial score (nSPS) is 18.6. The molecule has 0 unspecified atom stereocenters.